The lowest BCUT2D eigenvalue weighted by atomic mass is 10.4. The molecule has 6 heteroatoms. The Hall–Kier alpha value is -1.95. The van der Waals surface area contributed by atoms with E-state index in [1.807, 2.05) is 0 Å². The molecule has 0 radical (unpaired) electrons. The van der Waals surface area contributed by atoms with Crippen LogP contribution in [0.4, 0.5) is 10.2 Å². The zero-order valence-electron chi connectivity index (χ0n) is 8.67. The van der Waals surface area contributed by atoms with Crippen molar-refractivity contribution < 1.29 is 12.8 Å². The van der Waals surface area contributed by atoms with E-state index in [9.17, 15) is 12.8 Å². The number of halogens is 1. The Morgan fingerprint density at radius 2 is 1.59 bits per heavy atom. The van der Waals surface area contributed by atoms with Crippen LogP contribution in [0.2, 0.25) is 0 Å². The summed E-state index contributed by atoms with van der Waals surface area (Å²) in [4.78, 5) is 3.76. The first-order valence-electron chi connectivity index (χ1n) is 4.72. The lowest BCUT2D eigenvalue weighted by molar-refractivity contribution is 0.594. The number of nitrogens with zero attached hydrogens (tertiary/aromatic N) is 1. The fourth-order valence-electron chi connectivity index (χ4n) is 1.30. The highest BCUT2D eigenvalue weighted by Gasteiger charge is 2.17. The number of anilines is 1. The number of hydrogen-bond donors (Lipinski definition) is 1. The quantitative estimate of drug-likeness (QED) is 0.824. The molecule has 2 rings (SSSR count). The maximum Gasteiger partial charge on any atom is 0.208 e. The number of sulfone groups is 1. The summed E-state index contributed by atoms with van der Waals surface area (Å²) >= 11 is 0. The standard InChI is InChI=1S/C11H9FN2O2S/c12-8-1-3-9(4-2-8)17(15,16)10-5-6-11(13)14-7-10/h1-7H,(H2,13,14). The van der Waals surface area contributed by atoms with E-state index < -0.39 is 15.7 Å². The minimum Gasteiger partial charge on any atom is -0.384 e. The average Bonchev–Trinajstić information content (AvgIpc) is 2.30. The molecule has 2 aromatic rings. The van der Waals surface area contributed by atoms with Gasteiger partial charge in [-0.05, 0) is 36.4 Å². The molecule has 0 aliphatic heterocycles. The summed E-state index contributed by atoms with van der Waals surface area (Å²) in [6, 6.07) is 7.37. The van der Waals surface area contributed by atoms with Gasteiger partial charge in [0.2, 0.25) is 9.84 Å². The number of benzene rings is 1. The van der Waals surface area contributed by atoms with Crippen LogP contribution in [0.5, 0.6) is 0 Å². The van der Waals surface area contributed by atoms with Crippen LogP contribution in [0.1, 0.15) is 0 Å². The van der Waals surface area contributed by atoms with Crippen LogP contribution in [0.25, 0.3) is 0 Å². The molecule has 88 valence electrons. The molecule has 2 N–H and O–H groups in total. The van der Waals surface area contributed by atoms with Crippen molar-refractivity contribution in [3.8, 4) is 0 Å². The molecule has 0 amide bonds. The maximum atomic E-state index is 12.7. The zero-order valence-corrected chi connectivity index (χ0v) is 9.49. The van der Waals surface area contributed by atoms with Gasteiger partial charge >= 0.3 is 0 Å². The minimum atomic E-state index is -3.66. The first kappa shape index (κ1) is 11.5. The first-order valence-corrected chi connectivity index (χ1v) is 6.20. The van der Waals surface area contributed by atoms with Crippen molar-refractivity contribution in [1.29, 1.82) is 0 Å². The Morgan fingerprint density at radius 1 is 1.00 bits per heavy atom. The molecule has 0 spiro atoms. The van der Waals surface area contributed by atoms with Gasteiger partial charge in [0.05, 0.1) is 9.79 Å². The summed E-state index contributed by atoms with van der Waals surface area (Å²) in [5.41, 5.74) is 5.37. The van der Waals surface area contributed by atoms with Gasteiger partial charge in [-0.1, -0.05) is 0 Å². The third-order valence-electron chi connectivity index (χ3n) is 2.19. The summed E-state index contributed by atoms with van der Waals surface area (Å²) in [6.07, 6.45) is 1.17. The Bertz CT molecular complexity index is 570. The second-order valence-electron chi connectivity index (χ2n) is 3.38. The minimum absolute atomic E-state index is 0.0190. The van der Waals surface area contributed by atoms with Gasteiger partial charge in [0.15, 0.2) is 0 Å². The molecule has 0 saturated carbocycles. The van der Waals surface area contributed by atoms with Crippen molar-refractivity contribution in [2.24, 2.45) is 0 Å². The highest BCUT2D eigenvalue weighted by atomic mass is 32.2. The van der Waals surface area contributed by atoms with Crippen LogP contribution >= 0.6 is 0 Å². The lowest BCUT2D eigenvalue weighted by Crippen LogP contribution is -2.03. The fraction of sp³-hybridized carbons (Fsp3) is 0. The van der Waals surface area contributed by atoms with Gasteiger partial charge in [-0.2, -0.15) is 0 Å². The van der Waals surface area contributed by atoms with Crippen molar-refractivity contribution >= 4 is 15.7 Å². The molecule has 0 atom stereocenters. The molecular formula is C11H9FN2O2S. The number of nitrogens with two attached hydrogens (primary N) is 1. The molecular weight excluding hydrogens is 243 g/mol. The number of nitrogen functional groups attached to an aromatic ring is 1. The van der Waals surface area contributed by atoms with E-state index in [1.165, 1.54) is 30.5 Å². The smallest absolute Gasteiger partial charge is 0.208 e. The van der Waals surface area contributed by atoms with Gasteiger partial charge in [0, 0.05) is 6.20 Å². The van der Waals surface area contributed by atoms with Gasteiger partial charge in [-0.3, -0.25) is 0 Å². The van der Waals surface area contributed by atoms with Crippen LogP contribution in [0.15, 0.2) is 52.4 Å². The van der Waals surface area contributed by atoms with Crippen molar-refractivity contribution in [2.45, 2.75) is 9.79 Å². The van der Waals surface area contributed by atoms with E-state index in [1.54, 1.807) is 0 Å². The topological polar surface area (TPSA) is 73.1 Å². The van der Waals surface area contributed by atoms with E-state index in [-0.39, 0.29) is 15.6 Å². The summed E-state index contributed by atoms with van der Waals surface area (Å²) in [5, 5.41) is 0. The third kappa shape index (κ3) is 2.26. The molecule has 17 heavy (non-hydrogen) atoms. The SMILES string of the molecule is Nc1ccc(S(=O)(=O)c2ccc(F)cc2)cn1. The summed E-state index contributed by atoms with van der Waals surface area (Å²) in [6.45, 7) is 0. The summed E-state index contributed by atoms with van der Waals surface area (Å²) in [7, 11) is -3.66. The molecule has 1 aromatic carbocycles. The number of aromatic nitrogens is 1. The van der Waals surface area contributed by atoms with Gasteiger partial charge in [-0.25, -0.2) is 17.8 Å². The van der Waals surface area contributed by atoms with Gasteiger partial charge in [0.1, 0.15) is 11.6 Å². The van der Waals surface area contributed by atoms with Crippen molar-refractivity contribution in [3.63, 3.8) is 0 Å². The normalized spacial score (nSPS) is 11.4. The maximum absolute atomic E-state index is 12.7. The molecule has 0 bridgehead atoms. The average molecular weight is 252 g/mol. The van der Waals surface area contributed by atoms with Crippen molar-refractivity contribution in [1.82, 2.24) is 4.98 Å². The van der Waals surface area contributed by atoms with Crippen molar-refractivity contribution in [3.05, 3.63) is 48.4 Å². The Morgan fingerprint density at radius 3 is 2.12 bits per heavy atom. The summed E-state index contributed by atoms with van der Waals surface area (Å²) < 4.78 is 36.8. The summed E-state index contributed by atoms with van der Waals surface area (Å²) in [5.74, 6) is -0.248. The second kappa shape index (κ2) is 4.14. The predicted molar refractivity (Wildman–Crippen MR) is 60.5 cm³/mol. The highest BCUT2D eigenvalue weighted by molar-refractivity contribution is 7.91. The molecule has 0 unspecified atom stereocenters. The van der Waals surface area contributed by atoms with Crippen LogP contribution in [-0.4, -0.2) is 13.4 Å². The largest absolute Gasteiger partial charge is 0.384 e. The van der Waals surface area contributed by atoms with E-state index in [0.29, 0.717) is 0 Å². The first-order chi connectivity index (χ1) is 8.00. The zero-order chi connectivity index (χ0) is 12.5. The van der Waals surface area contributed by atoms with E-state index >= 15 is 0 Å². The van der Waals surface area contributed by atoms with Crippen molar-refractivity contribution in [2.75, 3.05) is 5.73 Å². The Balaban J connectivity index is 2.50. The third-order valence-corrected chi connectivity index (χ3v) is 3.95. The van der Waals surface area contributed by atoms with Gasteiger partial charge in [-0.15, -0.1) is 0 Å². The number of hydrogen-bond acceptors (Lipinski definition) is 4. The Labute approximate surface area is 97.8 Å². The van der Waals surface area contributed by atoms with Crippen LogP contribution in [0.3, 0.4) is 0 Å². The lowest BCUT2D eigenvalue weighted by Gasteiger charge is -2.04. The molecule has 0 fully saturated rings. The molecule has 0 aliphatic carbocycles. The van der Waals surface area contributed by atoms with Crippen LogP contribution in [-0.2, 0) is 9.84 Å². The molecule has 4 nitrogen and oxygen atoms in total. The molecule has 0 saturated heterocycles. The van der Waals surface area contributed by atoms with Crippen LogP contribution in [0, 0.1) is 5.82 Å². The molecule has 1 heterocycles. The van der Waals surface area contributed by atoms with E-state index in [2.05, 4.69) is 4.98 Å². The predicted octanol–water partition coefficient (Wildman–Crippen LogP) is 1.64. The highest BCUT2D eigenvalue weighted by Crippen LogP contribution is 2.20. The monoisotopic (exact) mass is 252 g/mol. The Kier molecular flexibility index (Phi) is 2.81. The number of rotatable bonds is 2. The van der Waals surface area contributed by atoms with Crippen LogP contribution < -0.4 is 5.73 Å². The molecule has 0 aliphatic rings. The van der Waals surface area contributed by atoms with Gasteiger partial charge < -0.3 is 5.73 Å². The molecule has 1 aromatic heterocycles. The fourth-order valence-corrected chi connectivity index (χ4v) is 2.51. The van der Waals surface area contributed by atoms with E-state index in [0.717, 1.165) is 12.1 Å². The van der Waals surface area contributed by atoms with E-state index in [4.69, 9.17) is 5.73 Å². The second-order valence-corrected chi connectivity index (χ2v) is 5.33. The van der Waals surface area contributed by atoms with Gasteiger partial charge in [0.25, 0.3) is 0 Å². The number of pyridine rings is 1.